The Kier molecular flexibility index (Phi) is 5.71. The highest BCUT2D eigenvalue weighted by Crippen LogP contribution is 2.17. The number of hydrogen-bond donors (Lipinski definition) is 1. The first kappa shape index (κ1) is 13.3. The standard InChI is InChI=1S/C13H26N2O2/c1-16-7-8-17-13-4-6-15(11-13)10-12-3-2-5-14-9-12/h12-14H,2-11H2,1H3. The van der Waals surface area contributed by atoms with Crippen LogP contribution >= 0.6 is 0 Å². The van der Waals surface area contributed by atoms with Crippen molar-refractivity contribution in [3.05, 3.63) is 0 Å². The zero-order chi connectivity index (χ0) is 11.9. The molecule has 2 atom stereocenters. The van der Waals surface area contributed by atoms with Gasteiger partial charge in [0.05, 0.1) is 19.3 Å². The molecule has 0 aromatic heterocycles. The number of methoxy groups -OCH3 is 1. The van der Waals surface area contributed by atoms with Crippen molar-refractivity contribution in [2.75, 3.05) is 53.0 Å². The molecule has 2 aliphatic heterocycles. The van der Waals surface area contributed by atoms with Gasteiger partial charge in [0.1, 0.15) is 0 Å². The molecule has 2 aliphatic rings. The minimum atomic E-state index is 0.432. The Morgan fingerprint density at radius 3 is 3.00 bits per heavy atom. The van der Waals surface area contributed by atoms with E-state index in [-0.39, 0.29) is 0 Å². The summed E-state index contributed by atoms with van der Waals surface area (Å²) in [6, 6.07) is 0. The van der Waals surface area contributed by atoms with Crippen LogP contribution in [0.1, 0.15) is 19.3 Å². The van der Waals surface area contributed by atoms with Crippen molar-refractivity contribution in [2.24, 2.45) is 5.92 Å². The van der Waals surface area contributed by atoms with Crippen molar-refractivity contribution in [2.45, 2.75) is 25.4 Å². The van der Waals surface area contributed by atoms with Crippen LogP contribution in [-0.2, 0) is 9.47 Å². The molecule has 0 aromatic carbocycles. The predicted octanol–water partition coefficient (Wildman–Crippen LogP) is 0.723. The van der Waals surface area contributed by atoms with E-state index in [1.54, 1.807) is 7.11 Å². The van der Waals surface area contributed by atoms with Crippen LogP contribution < -0.4 is 5.32 Å². The minimum absolute atomic E-state index is 0.432. The SMILES string of the molecule is COCCOC1CCN(CC2CCCNC2)C1. The summed E-state index contributed by atoms with van der Waals surface area (Å²) >= 11 is 0. The summed E-state index contributed by atoms with van der Waals surface area (Å²) in [5.41, 5.74) is 0. The lowest BCUT2D eigenvalue weighted by molar-refractivity contribution is 0.0214. The Balaban J connectivity index is 1.60. The number of nitrogens with zero attached hydrogens (tertiary/aromatic N) is 1. The molecule has 0 radical (unpaired) electrons. The summed E-state index contributed by atoms with van der Waals surface area (Å²) in [5.74, 6) is 0.849. The quantitative estimate of drug-likeness (QED) is 0.696. The van der Waals surface area contributed by atoms with Gasteiger partial charge in [-0.25, -0.2) is 0 Å². The normalized spacial score (nSPS) is 30.9. The van der Waals surface area contributed by atoms with Gasteiger partial charge in [0.15, 0.2) is 0 Å². The Morgan fingerprint density at radius 1 is 1.29 bits per heavy atom. The fourth-order valence-corrected chi connectivity index (χ4v) is 2.84. The largest absolute Gasteiger partial charge is 0.382 e. The Labute approximate surface area is 105 Å². The summed E-state index contributed by atoms with van der Waals surface area (Å²) < 4.78 is 10.8. The lowest BCUT2D eigenvalue weighted by Crippen LogP contribution is -2.37. The zero-order valence-corrected chi connectivity index (χ0v) is 11.0. The Hall–Kier alpha value is -0.160. The third-order valence-electron chi connectivity index (χ3n) is 3.79. The van der Waals surface area contributed by atoms with Gasteiger partial charge in [-0.05, 0) is 38.3 Å². The van der Waals surface area contributed by atoms with Gasteiger partial charge in [0.25, 0.3) is 0 Å². The molecule has 0 saturated carbocycles. The van der Waals surface area contributed by atoms with E-state index < -0.39 is 0 Å². The summed E-state index contributed by atoms with van der Waals surface area (Å²) in [6.45, 7) is 7.42. The molecule has 2 rings (SSSR count). The lowest BCUT2D eigenvalue weighted by atomic mass is 9.99. The molecule has 2 fully saturated rings. The maximum absolute atomic E-state index is 5.78. The molecule has 2 heterocycles. The van der Waals surface area contributed by atoms with Gasteiger partial charge in [-0.3, -0.25) is 0 Å². The first-order valence-corrected chi connectivity index (χ1v) is 6.92. The highest BCUT2D eigenvalue weighted by Gasteiger charge is 2.25. The van der Waals surface area contributed by atoms with Gasteiger partial charge < -0.3 is 19.7 Å². The maximum atomic E-state index is 5.78. The van der Waals surface area contributed by atoms with E-state index in [4.69, 9.17) is 9.47 Å². The third kappa shape index (κ3) is 4.54. The van der Waals surface area contributed by atoms with E-state index >= 15 is 0 Å². The van der Waals surface area contributed by atoms with Crippen molar-refractivity contribution in [3.8, 4) is 0 Å². The van der Waals surface area contributed by atoms with E-state index in [1.165, 1.54) is 45.4 Å². The number of rotatable bonds is 6. The van der Waals surface area contributed by atoms with Crippen LogP contribution in [0.3, 0.4) is 0 Å². The van der Waals surface area contributed by atoms with Gasteiger partial charge in [0, 0.05) is 26.7 Å². The average Bonchev–Trinajstić information content (AvgIpc) is 2.79. The van der Waals surface area contributed by atoms with Crippen molar-refractivity contribution in [1.82, 2.24) is 10.2 Å². The van der Waals surface area contributed by atoms with Crippen molar-refractivity contribution in [3.63, 3.8) is 0 Å². The fraction of sp³-hybridized carbons (Fsp3) is 1.00. The second-order valence-corrected chi connectivity index (χ2v) is 5.25. The molecule has 100 valence electrons. The van der Waals surface area contributed by atoms with Gasteiger partial charge in [-0.1, -0.05) is 0 Å². The highest BCUT2D eigenvalue weighted by molar-refractivity contribution is 4.80. The molecule has 2 saturated heterocycles. The summed E-state index contributed by atoms with van der Waals surface area (Å²) in [6.07, 6.45) is 4.34. The van der Waals surface area contributed by atoms with Crippen LogP contribution in [-0.4, -0.2) is 64.1 Å². The lowest BCUT2D eigenvalue weighted by Gasteiger charge is -2.27. The summed E-state index contributed by atoms with van der Waals surface area (Å²) in [7, 11) is 1.72. The molecular formula is C13H26N2O2. The first-order valence-electron chi connectivity index (χ1n) is 6.92. The Bertz CT molecular complexity index is 208. The molecule has 0 spiro atoms. The smallest absolute Gasteiger partial charge is 0.0715 e. The number of nitrogens with one attached hydrogen (secondary N) is 1. The van der Waals surface area contributed by atoms with Crippen molar-refractivity contribution >= 4 is 0 Å². The first-order chi connectivity index (χ1) is 8.38. The van der Waals surface area contributed by atoms with E-state index in [0.29, 0.717) is 12.7 Å². The second kappa shape index (κ2) is 7.31. The van der Waals surface area contributed by atoms with Crippen molar-refractivity contribution in [1.29, 1.82) is 0 Å². The van der Waals surface area contributed by atoms with Gasteiger partial charge in [-0.15, -0.1) is 0 Å². The number of likely N-dealkylation sites (tertiary alicyclic amines) is 1. The maximum Gasteiger partial charge on any atom is 0.0715 e. The van der Waals surface area contributed by atoms with Crippen LogP contribution in [0, 0.1) is 5.92 Å². The molecule has 1 N–H and O–H groups in total. The Morgan fingerprint density at radius 2 is 2.24 bits per heavy atom. The number of ether oxygens (including phenoxy) is 2. The molecule has 0 amide bonds. The third-order valence-corrected chi connectivity index (χ3v) is 3.79. The molecule has 0 bridgehead atoms. The molecule has 0 aromatic rings. The zero-order valence-electron chi connectivity index (χ0n) is 11.0. The van der Waals surface area contributed by atoms with Crippen LogP contribution in [0.2, 0.25) is 0 Å². The molecule has 0 aliphatic carbocycles. The molecule has 17 heavy (non-hydrogen) atoms. The monoisotopic (exact) mass is 242 g/mol. The van der Waals surface area contributed by atoms with Gasteiger partial charge in [0.2, 0.25) is 0 Å². The highest BCUT2D eigenvalue weighted by atomic mass is 16.5. The van der Waals surface area contributed by atoms with Crippen LogP contribution in [0.5, 0.6) is 0 Å². The summed E-state index contributed by atoms with van der Waals surface area (Å²) in [5, 5.41) is 3.49. The topological polar surface area (TPSA) is 33.7 Å². The van der Waals surface area contributed by atoms with Gasteiger partial charge >= 0.3 is 0 Å². The van der Waals surface area contributed by atoms with Crippen LogP contribution in [0.15, 0.2) is 0 Å². The summed E-state index contributed by atoms with van der Waals surface area (Å²) in [4.78, 5) is 2.56. The van der Waals surface area contributed by atoms with Crippen LogP contribution in [0.4, 0.5) is 0 Å². The van der Waals surface area contributed by atoms with Crippen molar-refractivity contribution < 1.29 is 9.47 Å². The molecule has 2 unspecified atom stereocenters. The van der Waals surface area contributed by atoms with E-state index in [9.17, 15) is 0 Å². The molecular weight excluding hydrogens is 216 g/mol. The fourth-order valence-electron chi connectivity index (χ4n) is 2.84. The van der Waals surface area contributed by atoms with E-state index in [2.05, 4.69) is 10.2 Å². The van der Waals surface area contributed by atoms with Gasteiger partial charge in [-0.2, -0.15) is 0 Å². The number of piperidine rings is 1. The average molecular weight is 242 g/mol. The molecule has 4 nitrogen and oxygen atoms in total. The van der Waals surface area contributed by atoms with E-state index in [1.807, 2.05) is 0 Å². The minimum Gasteiger partial charge on any atom is -0.382 e. The van der Waals surface area contributed by atoms with E-state index in [0.717, 1.165) is 19.1 Å². The predicted molar refractivity (Wildman–Crippen MR) is 68.3 cm³/mol. The molecule has 4 heteroatoms. The second-order valence-electron chi connectivity index (χ2n) is 5.25. The number of hydrogen-bond acceptors (Lipinski definition) is 4. The van der Waals surface area contributed by atoms with Crippen LogP contribution in [0.25, 0.3) is 0 Å².